The number of hydrogen-bond acceptors (Lipinski definition) is 2. The van der Waals surface area contributed by atoms with E-state index in [4.69, 9.17) is 10.2 Å². The number of aryl methyl sites for hydroxylation is 2. The second kappa shape index (κ2) is 10.6. The van der Waals surface area contributed by atoms with Crippen molar-refractivity contribution in [1.82, 2.24) is 0 Å². The maximum atomic E-state index is 8.83. The molecule has 0 unspecified atom stereocenters. The van der Waals surface area contributed by atoms with Crippen molar-refractivity contribution >= 4 is 24.5 Å². The van der Waals surface area contributed by atoms with Gasteiger partial charge in [-0.2, -0.15) is 0 Å². The third kappa shape index (κ3) is 6.91. The summed E-state index contributed by atoms with van der Waals surface area (Å²) >= 11 is -0.257. The first-order valence-corrected chi connectivity index (χ1v) is 10.6. The zero-order valence-electron chi connectivity index (χ0n) is 13.7. The molecule has 0 atom stereocenters. The van der Waals surface area contributed by atoms with Crippen LogP contribution in [0.15, 0.2) is 48.5 Å². The maximum absolute atomic E-state index is 8.83. The number of rotatable bonds is 10. The molecule has 2 N–H and O–H groups in total. The normalized spacial score (nSPS) is 10.9. The molecule has 0 amide bonds. The van der Waals surface area contributed by atoms with E-state index in [9.17, 15) is 0 Å². The van der Waals surface area contributed by atoms with Crippen LogP contribution in [0.4, 0.5) is 0 Å². The first-order chi connectivity index (χ1) is 11.3. The van der Waals surface area contributed by atoms with E-state index in [1.54, 1.807) is 0 Å². The van der Waals surface area contributed by atoms with Crippen LogP contribution in [-0.4, -0.2) is 39.2 Å². The molecule has 2 aromatic carbocycles. The second-order valence-electron chi connectivity index (χ2n) is 5.88. The van der Waals surface area contributed by atoms with Crippen LogP contribution in [-0.2, 0) is 12.8 Å². The first-order valence-electron chi connectivity index (χ1n) is 8.48. The van der Waals surface area contributed by atoms with Gasteiger partial charge in [0.25, 0.3) is 0 Å². The van der Waals surface area contributed by atoms with E-state index >= 15 is 0 Å². The Morgan fingerprint density at radius 3 is 1.30 bits per heavy atom. The molecule has 0 fully saturated rings. The zero-order chi connectivity index (χ0) is 16.3. The van der Waals surface area contributed by atoms with Gasteiger partial charge in [-0.1, -0.05) is 0 Å². The Balaban J connectivity index is 1.84. The molecule has 0 aliphatic rings. The summed E-state index contributed by atoms with van der Waals surface area (Å²) in [6, 6.07) is 18.0. The van der Waals surface area contributed by atoms with Crippen LogP contribution in [0, 0.1) is 0 Å². The van der Waals surface area contributed by atoms with Crippen LogP contribution >= 0.6 is 0 Å². The van der Waals surface area contributed by atoms with E-state index in [2.05, 4.69) is 48.5 Å². The Morgan fingerprint density at radius 2 is 0.957 bits per heavy atom. The Kier molecular flexibility index (Phi) is 8.45. The molecule has 2 nitrogen and oxygen atoms in total. The fraction of sp³-hybridized carbons (Fsp3) is 0.400. The quantitative estimate of drug-likeness (QED) is 0.491. The summed E-state index contributed by atoms with van der Waals surface area (Å²) in [6.45, 7) is 0.584. The van der Waals surface area contributed by atoms with Crippen molar-refractivity contribution in [3.63, 3.8) is 0 Å². The molecular weight excluding hydrogens is 347 g/mol. The van der Waals surface area contributed by atoms with Gasteiger partial charge in [0.2, 0.25) is 0 Å². The molecule has 23 heavy (non-hydrogen) atoms. The third-order valence-electron chi connectivity index (χ3n) is 3.94. The van der Waals surface area contributed by atoms with Crippen LogP contribution < -0.4 is 8.70 Å². The van der Waals surface area contributed by atoms with Gasteiger partial charge < -0.3 is 0 Å². The molecule has 2 aromatic rings. The van der Waals surface area contributed by atoms with Crippen molar-refractivity contribution in [1.29, 1.82) is 0 Å². The zero-order valence-corrected chi connectivity index (χ0v) is 15.8. The number of aliphatic hydroxyl groups is 2. The summed E-state index contributed by atoms with van der Waals surface area (Å²) in [5, 5.41) is 17.7. The molecule has 0 aliphatic carbocycles. The third-order valence-corrected chi connectivity index (χ3v) is 6.55. The van der Waals surface area contributed by atoms with Gasteiger partial charge in [-0.3, -0.25) is 0 Å². The molecule has 124 valence electrons. The van der Waals surface area contributed by atoms with E-state index in [1.165, 1.54) is 19.8 Å². The van der Waals surface area contributed by atoms with Gasteiger partial charge in [-0.15, -0.1) is 0 Å². The molecule has 0 spiro atoms. The van der Waals surface area contributed by atoms with E-state index in [0.29, 0.717) is 13.2 Å². The Hall–Kier alpha value is -1.08. The van der Waals surface area contributed by atoms with Crippen molar-refractivity contribution in [2.24, 2.45) is 0 Å². The molecule has 0 radical (unpaired) electrons. The van der Waals surface area contributed by atoms with Gasteiger partial charge in [0.05, 0.1) is 0 Å². The molecule has 0 aromatic heterocycles. The van der Waals surface area contributed by atoms with Gasteiger partial charge in [0.15, 0.2) is 0 Å². The van der Waals surface area contributed by atoms with Crippen LogP contribution in [0.2, 0.25) is 0 Å². The van der Waals surface area contributed by atoms with Crippen molar-refractivity contribution in [2.45, 2.75) is 38.5 Å². The van der Waals surface area contributed by atoms with Gasteiger partial charge in [0.1, 0.15) is 0 Å². The van der Waals surface area contributed by atoms with Gasteiger partial charge >= 0.3 is 146 Å². The van der Waals surface area contributed by atoms with Crippen LogP contribution in [0.1, 0.15) is 36.8 Å². The van der Waals surface area contributed by atoms with Crippen molar-refractivity contribution < 1.29 is 10.2 Å². The molecule has 0 aliphatic heterocycles. The molecular formula is C20H27AsO2. The average molecular weight is 374 g/mol. The first kappa shape index (κ1) is 18.3. The fourth-order valence-corrected chi connectivity index (χ4v) is 4.66. The minimum atomic E-state index is -0.257. The van der Waals surface area contributed by atoms with Crippen LogP contribution in [0.3, 0.4) is 0 Å². The van der Waals surface area contributed by atoms with Gasteiger partial charge in [-0.25, -0.2) is 0 Å². The Labute approximate surface area is 146 Å². The number of aliphatic hydroxyl groups excluding tert-OH is 2. The Morgan fingerprint density at radius 1 is 0.565 bits per heavy atom. The molecule has 2 rings (SSSR count). The standard InChI is InChI=1S/C20H27AsO2/c22-15-3-1-5-17-7-11-19(12-8-17)21-20-13-9-18(10-14-20)6-2-4-16-23/h7-14,21-23H,1-6,15-16H2. The molecule has 0 heterocycles. The van der Waals surface area contributed by atoms with Crippen molar-refractivity contribution in [2.75, 3.05) is 13.2 Å². The molecule has 0 saturated carbocycles. The Bertz CT molecular complexity index is 497. The van der Waals surface area contributed by atoms with Crippen molar-refractivity contribution in [3.05, 3.63) is 59.7 Å². The topological polar surface area (TPSA) is 40.5 Å². The summed E-state index contributed by atoms with van der Waals surface area (Å²) in [4.78, 5) is 0. The van der Waals surface area contributed by atoms with Crippen molar-refractivity contribution in [3.8, 4) is 0 Å². The molecule has 0 bridgehead atoms. The van der Waals surface area contributed by atoms with Crippen LogP contribution in [0.5, 0.6) is 0 Å². The fourth-order valence-electron chi connectivity index (χ4n) is 2.56. The number of benzene rings is 2. The minimum absolute atomic E-state index is 0.257. The van der Waals surface area contributed by atoms with E-state index in [-0.39, 0.29) is 15.8 Å². The summed E-state index contributed by atoms with van der Waals surface area (Å²) < 4.78 is 2.92. The predicted octanol–water partition coefficient (Wildman–Crippen LogP) is 1.70. The predicted molar refractivity (Wildman–Crippen MR) is 99.3 cm³/mol. The summed E-state index contributed by atoms with van der Waals surface area (Å²) in [6.07, 6.45) is 6.01. The van der Waals surface area contributed by atoms with E-state index in [1.807, 2.05) is 0 Å². The summed E-state index contributed by atoms with van der Waals surface area (Å²) in [5.41, 5.74) is 2.74. The summed E-state index contributed by atoms with van der Waals surface area (Å²) in [7, 11) is 0. The number of hydrogen-bond donors (Lipinski definition) is 2. The molecule has 3 heteroatoms. The molecule has 0 saturated heterocycles. The van der Waals surface area contributed by atoms with Gasteiger partial charge in [-0.05, 0) is 0 Å². The summed E-state index contributed by atoms with van der Waals surface area (Å²) in [5.74, 6) is 0. The second-order valence-corrected chi connectivity index (χ2v) is 8.83. The SMILES string of the molecule is OCCCCc1ccc([AsH]c2ccc(CCCCO)cc2)cc1. The monoisotopic (exact) mass is 374 g/mol. The average Bonchev–Trinajstić information content (AvgIpc) is 2.58. The van der Waals surface area contributed by atoms with Crippen LogP contribution in [0.25, 0.3) is 0 Å². The number of unbranched alkanes of at least 4 members (excludes halogenated alkanes) is 2. The van der Waals surface area contributed by atoms with E-state index < -0.39 is 0 Å². The van der Waals surface area contributed by atoms with E-state index in [0.717, 1.165) is 38.5 Å². The van der Waals surface area contributed by atoms with Gasteiger partial charge in [0, 0.05) is 0 Å².